The fourth-order valence-electron chi connectivity index (χ4n) is 3.74. The zero-order valence-corrected chi connectivity index (χ0v) is 14.1. The molecule has 1 atom stereocenters. The van der Waals surface area contributed by atoms with Gasteiger partial charge in [-0.3, -0.25) is 4.90 Å². The highest BCUT2D eigenvalue weighted by Crippen LogP contribution is 2.32. The van der Waals surface area contributed by atoms with Gasteiger partial charge in [-0.05, 0) is 43.4 Å². The number of amides is 2. The minimum Gasteiger partial charge on any atom is -0.335 e. The van der Waals surface area contributed by atoms with E-state index in [-0.39, 0.29) is 23.9 Å². The van der Waals surface area contributed by atoms with E-state index in [1.165, 1.54) is 12.1 Å². The second-order valence-electron chi connectivity index (χ2n) is 6.72. The van der Waals surface area contributed by atoms with Crippen molar-refractivity contribution in [2.45, 2.75) is 37.8 Å². The molecule has 2 aliphatic rings. The van der Waals surface area contributed by atoms with Crippen LogP contribution < -0.4 is 5.32 Å². The molecule has 2 heterocycles. The molecule has 5 heteroatoms. The number of urea groups is 1. The average Bonchev–Trinajstić information content (AvgIpc) is 3.07. The summed E-state index contributed by atoms with van der Waals surface area (Å²) in [6, 6.07) is 6.85. The molecule has 0 aromatic heterocycles. The third-order valence-corrected chi connectivity index (χ3v) is 5.07. The Labute approximate surface area is 143 Å². The first-order chi connectivity index (χ1) is 11.7. The highest BCUT2D eigenvalue weighted by Gasteiger charge is 2.31. The lowest BCUT2D eigenvalue weighted by Crippen LogP contribution is -2.49. The molecule has 1 aromatic rings. The molecule has 2 amide bonds. The van der Waals surface area contributed by atoms with Gasteiger partial charge in [0, 0.05) is 32.2 Å². The first-order valence-corrected chi connectivity index (χ1v) is 8.83. The van der Waals surface area contributed by atoms with Crippen LogP contribution >= 0.6 is 0 Å². The van der Waals surface area contributed by atoms with Gasteiger partial charge in [-0.25, -0.2) is 9.18 Å². The molecule has 0 radical (unpaired) electrons. The second-order valence-corrected chi connectivity index (χ2v) is 6.72. The molecular formula is C19H26FN3O. The summed E-state index contributed by atoms with van der Waals surface area (Å²) < 4.78 is 13.1. The zero-order valence-electron chi connectivity index (χ0n) is 14.1. The molecule has 4 nitrogen and oxygen atoms in total. The van der Waals surface area contributed by atoms with Gasteiger partial charge in [-0.1, -0.05) is 18.2 Å². The van der Waals surface area contributed by atoms with Gasteiger partial charge < -0.3 is 10.2 Å². The number of benzene rings is 1. The van der Waals surface area contributed by atoms with Gasteiger partial charge in [0.25, 0.3) is 0 Å². The molecule has 130 valence electrons. The van der Waals surface area contributed by atoms with E-state index < -0.39 is 0 Å². The van der Waals surface area contributed by atoms with Gasteiger partial charge in [-0.15, -0.1) is 6.58 Å². The Kier molecular flexibility index (Phi) is 5.51. The molecule has 0 saturated carbocycles. The summed E-state index contributed by atoms with van der Waals surface area (Å²) in [5, 5.41) is 3.20. The maximum Gasteiger partial charge on any atom is 0.318 e. The van der Waals surface area contributed by atoms with Crippen LogP contribution in [0.2, 0.25) is 0 Å². The smallest absolute Gasteiger partial charge is 0.318 e. The molecule has 2 fully saturated rings. The number of likely N-dealkylation sites (tertiary alicyclic amines) is 2. The van der Waals surface area contributed by atoms with Crippen molar-refractivity contribution in [3.63, 3.8) is 0 Å². The van der Waals surface area contributed by atoms with Gasteiger partial charge in [0.15, 0.2) is 0 Å². The van der Waals surface area contributed by atoms with Crippen molar-refractivity contribution < 1.29 is 9.18 Å². The molecule has 1 N–H and O–H groups in total. The van der Waals surface area contributed by atoms with E-state index in [0.717, 1.165) is 57.4 Å². The fourth-order valence-corrected chi connectivity index (χ4v) is 3.74. The molecule has 1 aromatic carbocycles. The van der Waals surface area contributed by atoms with E-state index >= 15 is 0 Å². The first kappa shape index (κ1) is 17.0. The quantitative estimate of drug-likeness (QED) is 0.859. The summed E-state index contributed by atoms with van der Waals surface area (Å²) in [5.41, 5.74) is 1.02. The Morgan fingerprint density at radius 2 is 1.92 bits per heavy atom. The molecule has 1 unspecified atom stereocenters. The van der Waals surface area contributed by atoms with Gasteiger partial charge >= 0.3 is 6.03 Å². The molecule has 24 heavy (non-hydrogen) atoms. The van der Waals surface area contributed by atoms with Crippen molar-refractivity contribution in [1.82, 2.24) is 15.1 Å². The van der Waals surface area contributed by atoms with Crippen molar-refractivity contribution in [3.8, 4) is 0 Å². The Morgan fingerprint density at radius 3 is 2.58 bits per heavy atom. The summed E-state index contributed by atoms with van der Waals surface area (Å²) >= 11 is 0. The Hall–Kier alpha value is -1.88. The lowest BCUT2D eigenvalue weighted by Gasteiger charge is -2.33. The second kappa shape index (κ2) is 7.79. The number of nitrogens with zero attached hydrogens (tertiary/aromatic N) is 2. The molecule has 2 saturated heterocycles. The third kappa shape index (κ3) is 3.96. The topological polar surface area (TPSA) is 35.6 Å². The predicted molar refractivity (Wildman–Crippen MR) is 93.3 cm³/mol. The SMILES string of the molecule is C=CCN1CCC(NC(=O)N2CCCC2c2ccc(F)cc2)CC1. The van der Waals surface area contributed by atoms with E-state index in [1.54, 1.807) is 12.1 Å². The van der Waals surface area contributed by atoms with Crippen LogP contribution in [0.15, 0.2) is 36.9 Å². The number of hydrogen-bond acceptors (Lipinski definition) is 2. The molecule has 2 aliphatic heterocycles. The number of carbonyl (C=O) groups excluding carboxylic acids is 1. The first-order valence-electron chi connectivity index (χ1n) is 8.83. The Bertz CT molecular complexity index is 566. The lowest BCUT2D eigenvalue weighted by atomic mass is 10.0. The van der Waals surface area contributed by atoms with Crippen LogP contribution in [0.4, 0.5) is 9.18 Å². The number of hydrogen-bond donors (Lipinski definition) is 1. The van der Waals surface area contributed by atoms with Crippen molar-refractivity contribution in [2.75, 3.05) is 26.2 Å². The average molecular weight is 331 g/mol. The summed E-state index contributed by atoms with van der Waals surface area (Å²) in [6.45, 7) is 7.46. The van der Waals surface area contributed by atoms with E-state index in [0.29, 0.717) is 0 Å². The molecule has 3 rings (SSSR count). The van der Waals surface area contributed by atoms with E-state index in [4.69, 9.17) is 0 Å². The van der Waals surface area contributed by atoms with Crippen LogP contribution in [-0.2, 0) is 0 Å². The van der Waals surface area contributed by atoms with Crippen LogP contribution in [0.1, 0.15) is 37.3 Å². The van der Waals surface area contributed by atoms with Crippen molar-refractivity contribution in [1.29, 1.82) is 0 Å². The van der Waals surface area contributed by atoms with E-state index in [2.05, 4.69) is 16.8 Å². The van der Waals surface area contributed by atoms with Crippen molar-refractivity contribution in [2.24, 2.45) is 0 Å². The minimum absolute atomic E-state index is 0.0176. The minimum atomic E-state index is -0.237. The van der Waals surface area contributed by atoms with Crippen LogP contribution in [0.3, 0.4) is 0 Å². The number of carbonyl (C=O) groups is 1. The van der Waals surface area contributed by atoms with Crippen LogP contribution in [0.25, 0.3) is 0 Å². The summed E-state index contributed by atoms with van der Waals surface area (Å²) in [7, 11) is 0. The summed E-state index contributed by atoms with van der Waals surface area (Å²) in [4.78, 5) is 16.9. The molecular weight excluding hydrogens is 305 g/mol. The molecule has 0 bridgehead atoms. The summed E-state index contributed by atoms with van der Waals surface area (Å²) in [6.07, 6.45) is 5.82. The van der Waals surface area contributed by atoms with E-state index in [1.807, 2.05) is 11.0 Å². The van der Waals surface area contributed by atoms with Crippen LogP contribution in [0, 0.1) is 5.82 Å². The predicted octanol–water partition coefficient (Wildman–Crippen LogP) is 3.32. The normalized spacial score (nSPS) is 22.5. The number of halogens is 1. The Morgan fingerprint density at radius 1 is 1.21 bits per heavy atom. The third-order valence-electron chi connectivity index (χ3n) is 5.07. The highest BCUT2D eigenvalue weighted by molar-refractivity contribution is 5.75. The number of piperidine rings is 1. The van der Waals surface area contributed by atoms with Gasteiger partial charge in [-0.2, -0.15) is 0 Å². The van der Waals surface area contributed by atoms with Gasteiger partial charge in [0.05, 0.1) is 6.04 Å². The lowest BCUT2D eigenvalue weighted by molar-refractivity contribution is 0.173. The largest absolute Gasteiger partial charge is 0.335 e. The number of rotatable bonds is 4. The highest BCUT2D eigenvalue weighted by atomic mass is 19.1. The maximum absolute atomic E-state index is 13.1. The fraction of sp³-hybridized carbons (Fsp3) is 0.526. The number of nitrogens with one attached hydrogen (secondary N) is 1. The monoisotopic (exact) mass is 331 g/mol. The van der Waals surface area contributed by atoms with Crippen LogP contribution in [0.5, 0.6) is 0 Å². The summed E-state index contributed by atoms with van der Waals surface area (Å²) in [5.74, 6) is -0.237. The Balaban J connectivity index is 1.56. The van der Waals surface area contributed by atoms with Crippen LogP contribution in [-0.4, -0.2) is 48.1 Å². The molecule has 0 aliphatic carbocycles. The zero-order chi connectivity index (χ0) is 16.9. The van der Waals surface area contributed by atoms with Gasteiger partial charge in [0.1, 0.15) is 5.82 Å². The van der Waals surface area contributed by atoms with E-state index in [9.17, 15) is 9.18 Å². The molecule has 0 spiro atoms. The van der Waals surface area contributed by atoms with Crippen molar-refractivity contribution in [3.05, 3.63) is 48.3 Å². The van der Waals surface area contributed by atoms with Crippen molar-refractivity contribution >= 4 is 6.03 Å². The standard InChI is InChI=1S/C19H26FN3O/c1-2-11-22-13-9-17(10-14-22)21-19(24)23-12-3-4-18(23)15-5-7-16(20)8-6-15/h2,5-8,17-18H,1,3-4,9-14H2,(H,21,24). The van der Waals surface area contributed by atoms with Gasteiger partial charge in [0.2, 0.25) is 0 Å². The maximum atomic E-state index is 13.1.